The van der Waals surface area contributed by atoms with Gasteiger partial charge in [-0.1, -0.05) is 19.1 Å². The van der Waals surface area contributed by atoms with Crippen molar-refractivity contribution in [1.29, 1.82) is 0 Å². The minimum atomic E-state index is -0.348. The average molecular weight is 310 g/mol. The van der Waals surface area contributed by atoms with Crippen molar-refractivity contribution >= 4 is 5.96 Å². The third kappa shape index (κ3) is 6.76. The van der Waals surface area contributed by atoms with Gasteiger partial charge in [-0.15, -0.1) is 0 Å². The Morgan fingerprint density at radius 2 is 2.09 bits per heavy atom. The quantitative estimate of drug-likeness (QED) is 0.567. The van der Waals surface area contributed by atoms with Crippen LogP contribution in [-0.4, -0.2) is 57.2 Å². The van der Waals surface area contributed by atoms with Crippen LogP contribution in [0.2, 0.25) is 0 Å². The van der Waals surface area contributed by atoms with Crippen molar-refractivity contribution in [3.8, 4) is 5.75 Å². The minimum Gasteiger partial charge on any atom is -0.486 e. The first-order valence-electron chi connectivity index (χ1n) is 7.61. The predicted octanol–water partition coefficient (Wildman–Crippen LogP) is 1.71. The lowest BCUT2D eigenvalue weighted by Gasteiger charge is -2.19. The number of hydrogen-bond acceptors (Lipinski definition) is 3. The van der Waals surface area contributed by atoms with Crippen molar-refractivity contribution in [1.82, 2.24) is 15.5 Å². The highest BCUT2D eigenvalue weighted by Crippen LogP contribution is 2.16. The van der Waals surface area contributed by atoms with Crippen LogP contribution in [0.15, 0.2) is 29.3 Å². The Labute approximate surface area is 132 Å². The van der Waals surface area contributed by atoms with Crippen molar-refractivity contribution in [3.05, 3.63) is 30.1 Å². The van der Waals surface area contributed by atoms with Gasteiger partial charge in [0.05, 0.1) is 6.54 Å². The molecule has 1 unspecified atom stereocenters. The zero-order valence-corrected chi connectivity index (χ0v) is 13.9. The Bertz CT molecular complexity index is 467. The summed E-state index contributed by atoms with van der Waals surface area (Å²) >= 11 is 0. The predicted molar refractivity (Wildman–Crippen MR) is 89.0 cm³/mol. The largest absolute Gasteiger partial charge is 0.486 e. The SMILES string of the molecule is CCN(C)CCNC(=NC)NCC(C)Oc1ccccc1F. The molecule has 0 aliphatic carbocycles. The summed E-state index contributed by atoms with van der Waals surface area (Å²) in [6, 6.07) is 6.41. The topological polar surface area (TPSA) is 48.9 Å². The molecule has 0 fully saturated rings. The van der Waals surface area contributed by atoms with Crippen LogP contribution >= 0.6 is 0 Å². The van der Waals surface area contributed by atoms with Crippen LogP contribution in [0.4, 0.5) is 4.39 Å². The highest BCUT2D eigenvalue weighted by atomic mass is 19.1. The summed E-state index contributed by atoms with van der Waals surface area (Å²) in [7, 11) is 3.80. The summed E-state index contributed by atoms with van der Waals surface area (Å²) in [6.45, 7) is 7.32. The summed E-state index contributed by atoms with van der Waals surface area (Å²) in [6.07, 6.45) is -0.172. The van der Waals surface area contributed by atoms with Crippen molar-refractivity contribution in [2.75, 3.05) is 40.3 Å². The molecule has 1 rings (SSSR count). The Morgan fingerprint density at radius 1 is 1.36 bits per heavy atom. The number of nitrogens with zero attached hydrogens (tertiary/aromatic N) is 2. The summed E-state index contributed by atoms with van der Waals surface area (Å²) < 4.78 is 19.1. The molecule has 2 N–H and O–H groups in total. The fourth-order valence-electron chi connectivity index (χ4n) is 1.78. The molecular formula is C16H27FN4O. The third-order valence-corrected chi connectivity index (χ3v) is 3.27. The van der Waals surface area contributed by atoms with Crippen LogP contribution in [0.25, 0.3) is 0 Å². The van der Waals surface area contributed by atoms with E-state index in [1.54, 1.807) is 25.2 Å². The molecule has 1 atom stereocenters. The van der Waals surface area contributed by atoms with Crippen molar-refractivity contribution in [2.45, 2.75) is 20.0 Å². The van der Waals surface area contributed by atoms with Crippen molar-refractivity contribution in [2.24, 2.45) is 4.99 Å². The minimum absolute atomic E-state index is 0.172. The second-order valence-corrected chi connectivity index (χ2v) is 5.13. The molecule has 0 amide bonds. The Morgan fingerprint density at radius 3 is 2.73 bits per heavy atom. The number of hydrogen-bond donors (Lipinski definition) is 2. The summed E-state index contributed by atoms with van der Waals surface area (Å²) in [4.78, 5) is 6.37. The van der Waals surface area contributed by atoms with Crippen LogP contribution in [-0.2, 0) is 0 Å². The number of guanidine groups is 1. The van der Waals surface area contributed by atoms with E-state index >= 15 is 0 Å². The highest BCUT2D eigenvalue weighted by Gasteiger charge is 2.08. The van der Waals surface area contributed by atoms with E-state index < -0.39 is 0 Å². The van der Waals surface area contributed by atoms with Gasteiger partial charge in [-0.3, -0.25) is 4.99 Å². The molecule has 1 aromatic rings. The number of aliphatic imine (C=N–C) groups is 1. The molecule has 0 radical (unpaired) electrons. The van der Waals surface area contributed by atoms with E-state index in [1.165, 1.54) is 6.07 Å². The van der Waals surface area contributed by atoms with Crippen LogP contribution < -0.4 is 15.4 Å². The van der Waals surface area contributed by atoms with E-state index in [9.17, 15) is 4.39 Å². The standard InChI is InChI=1S/C16H27FN4O/c1-5-21(4)11-10-19-16(18-3)20-12-13(2)22-15-9-7-6-8-14(15)17/h6-9,13H,5,10-12H2,1-4H3,(H2,18,19,20). The zero-order valence-electron chi connectivity index (χ0n) is 13.9. The van der Waals surface area contributed by atoms with E-state index in [-0.39, 0.29) is 17.7 Å². The monoisotopic (exact) mass is 310 g/mol. The fourth-order valence-corrected chi connectivity index (χ4v) is 1.78. The van der Waals surface area contributed by atoms with E-state index in [0.717, 1.165) is 19.6 Å². The van der Waals surface area contributed by atoms with Gasteiger partial charge in [0.1, 0.15) is 6.10 Å². The lowest BCUT2D eigenvalue weighted by molar-refractivity contribution is 0.214. The van der Waals surface area contributed by atoms with Crippen molar-refractivity contribution < 1.29 is 9.13 Å². The maximum absolute atomic E-state index is 13.5. The highest BCUT2D eigenvalue weighted by molar-refractivity contribution is 5.79. The van der Waals surface area contributed by atoms with Crippen molar-refractivity contribution in [3.63, 3.8) is 0 Å². The average Bonchev–Trinajstić information content (AvgIpc) is 2.52. The third-order valence-electron chi connectivity index (χ3n) is 3.27. The van der Waals surface area contributed by atoms with E-state index in [2.05, 4.69) is 34.5 Å². The van der Waals surface area contributed by atoms with Gasteiger partial charge in [0.25, 0.3) is 0 Å². The first-order valence-corrected chi connectivity index (χ1v) is 7.61. The molecular weight excluding hydrogens is 283 g/mol. The molecule has 0 saturated heterocycles. The van der Waals surface area contributed by atoms with Crippen LogP contribution in [0.3, 0.4) is 0 Å². The summed E-state index contributed by atoms with van der Waals surface area (Å²) in [5.41, 5.74) is 0. The molecule has 0 spiro atoms. The second kappa shape index (κ2) is 10.00. The molecule has 1 aromatic carbocycles. The summed E-state index contributed by atoms with van der Waals surface area (Å²) in [5.74, 6) is 0.636. The second-order valence-electron chi connectivity index (χ2n) is 5.13. The van der Waals surface area contributed by atoms with Gasteiger partial charge in [-0.05, 0) is 32.6 Å². The van der Waals surface area contributed by atoms with Gasteiger partial charge in [-0.25, -0.2) is 4.39 Å². The van der Waals surface area contributed by atoms with Gasteiger partial charge in [0.2, 0.25) is 0 Å². The molecule has 0 aromatic heterocycles. The number of para-hydroxylation sites is 1. The number of benzene rings is 1. The Balaban J connectivity index is 2.32. The smallest absolute Gasteiger partial charge is 0.191 e. The lowest BCUT2D eigenvalue weighted by atomic mass is 10.3. The van der Waals surface area contributed by atoms with E-state index in [4.69, 9.17) is 4.74 Å². The lowest BCUT2D eigenvalue weighted by Crippen LogP contribution is -2.44. The normalized spacial score (nSPS) is 13.1. The zero-order chi connectivity index (χ0) is 16.4. The molecule has 6 heteroatoms. The summed E-state index contributed by atoms with van der Waals surface area (Å²) in [5, 5.41) is 6.41. The molecule has 0 bridgehead atoms. The number of rotatable bonds is 8. The van der Waals surface area contributed by atoms with Gasteiger partial charge >= 0.3 is 0 Å². The number of nitrogens with one attached hydrogen (secondary N) is 2. The molecule has 0 saturated carbocycles. The van der Waals surface area contributed by atoms with E-state index in [0.29, 0.717) is 12.5 Å². The van der Waals surface area contributed by atoms with Gasteiger partial charge in [0, 0.05) is 20.1 Å². The Kier molecular flexibility index (Phi) is 8.28. The van der Waals surface area contributed by atoms with Crippen LogP contribution in [0.5, 0.6) is 5.75 Å². The Hall–Kier alpha value is -1.82. The van der Waals surface area contributed by atoms with Crippen LogP contribution in [0, 0.1) is 5.82 Å². The molecule has 22 heavy (non-hydrogen) atoms. The molecule has 0 aliphatic rings. The van der Waals surface area contributed by atoms with E-state index in [1.807, 2.05) is 6.92 Å². The number of halogens is 1. The molecule has 0 heterocycles. The molecule has 0 aliphatic heterocycles. The molecule has 124 valence electrons. The fraction of sp³-hybridized carbons (Fsp3) is 0.562. The maximum Gasteiger partial charge on any atom is 0.191 e. The van der Waals surface area contributed by atoms with Gasteiger partial charge in [-0.2, -0.15) is 0 Å². The van der Waals surface area contributed by atoms with Crippen LogP contribution in [0.1, 0.15) is 13.8 Å². The number of likely N-dealkylation sites (N-methyl/N-ethyl adjacent to an activating group) is 1. The van der Waals surface area contributed by atoms with Gasteiger partial charge in [0.15, 0.2) is 17.5 Å². The number of ether oxygens (including phenoxy) is 1. The van der Waals surface area contributed by atoms with Gasteiger partial charge < -0.3 is 20.3 Å². The molecule has 5 nitrogen and oxygen atoms in total. The maximum atomic E-state index is 13.5. The first kappa shape index (κ1) is 18.2. The first-order chi connectivity index (χ1) is 10.6.